The van der Waals surface area contributed by atoms with Gasteiger partial charge in [0.05, 0.1) is 0 Å². The van der Waals surface area contributed by atoms with Gasteiger partial charge in [-0.1, -0.05) is 69.6 Å². The van der Waals surface area contributed by atoms with Gasteiger partial charge in [-0.15, -0.1) is 23.2 Å². The Morgan fingerprint density at radius 3 is 1.23 bits per heavy atom. The molecule has 0 N–H and O–H groups in total. The van der Waals surface area contributed by atoms with E-state index in [2.05, 4.69) is 0 Å². The lowest BCUT2D eigenvalue weighted by molar-refractivity contribution is 0.257. The summed E-state index contributed by atoms with van der Waals surface area (Å²) in [5, 5.41) is -3.11. The summed E-state index contributed by atoms with van der Waals surface area (Å²) in [6, 6.07) is 0. The molecule has 0 aliphatic carbocycles. The quantitative estimate of drug-likeness (QED) is 0.597. The van der Waals surface area contributed by atoms with Crippen LogP contribution in [0.5, 0.6) is 0 Å². The third-order valence-corrected chi connectivity index (χ3v) is 4.95. The average Bonchev–Trinajstić information content (AvgIpc) is 1.84. The summed E-state index contributed by atoms with van der Waals surface area (Å²) < 4.78 is 8.57. The normalized spacial score (nSPS) is 18.9. The molecule has 0 fully saturated rings. The first-order valence-electron chi connectivity index (χ1n) is 2.55. The molecule has 0 heterocycles. The highest BCUT2D eigenvalue weighted by atomic mass is 35.6. The topological polar surface area (TPSA) is 0 Å². The minimum absolute atomic E-state index is 1.56. The van der Waals surface area contributed by atoms with Crippen LogP contribution in [0, 0.1) is 0 Å². The van der Waals surface area contributed by atoms with Crippen LogP contribution in [0.3, 0.4) is 0 Å². The molecule has 0 amide bonds. The van der Waals surface area contributed by atoms with Crippen LogP contribution in [0.1, 0.15) is 0 Å². The lowest BCUT2D eigenvalue weighted by Crippen LogP contribution is -2.51. The monoisotopic (exact) mass is 348 g/mol. The summed E-state index contributed by atoms with van der Waals surface area (Å²) in [6.07, 6.45) is 0. The van der Waals surface area contributed by atoms with Crippen molar-refractivity contribution in [2.75, 3.05) is 0 Å². The number of hydrogen-bond donors (Lipinski definition) is 0. The maximum atomic E-state index is 13.6. The van der Waals surface area contributed by atoms with Gasteiger partial charge in [0, 0.05) is 0 Å². The Hall–Kier alpha value is 2.25. The van der Waals surface area contributed by atoms with Crippen molar-refractivity contribution < 1.29 is 4.39 Å². The minimum Gasteiger partial charge on any atom is -0.218 e. The summed E-state index contributed by atoms with van der Waals surface area (Å²) >= 11 is 42.1. The summed E-state index contributed by atoms with van der Waals surface area (Å²) in [4.78, 5) is -1.56. The zero-order valence-electron chi connectivity index (χ0n) is 5.48. The Kier molecular flexibility index (Phi) is 5.43. The van der Waals surface area contributed by atoms with Crippen LogP contribution in [0.2, 0.25) is 0 Å². The van der Waals surface area contributed by atoms with Crippen LogP contribution in [0.4, 0.5) is 4.39 Å². The largest absolute Gasteiger partial charge is 0.265 e. The SMILES string of the molecule is FC(Cl)(C(Cl)(Cl)Cl)C(Cl)(Cl)C(Cl)Cl. The van der Waals surface area contributed by atoms with E-state index in [9.17, 15) is 4.39 Å². The molecule has 0 aromatic rings. The molecular weight excluding hydrogens is 351 g/mol. The Morgan fingerprint density at radius 1 is 0.846 bits per heavy atom. The zero-order chi connectivity index (χ0) is 11.1. The van der Waals surface area contributed by atoms with Gasteiger partial charge in [0.2, 0.25) is 3.79 Å². The number of halogens is 9. The van der Waals surface area contributed by atoms with Crippen LogP contribution >= 0.6 is 92.8 Å². The van der Waals surface area contributed by atoms with Crippen LogP contribution in [-0.2, 0) is 0 Å². The molecule has 0 radical (unpaired) electrons. The molecule has 13 heavy (non-hydrogen) atoms. The smallest absolute Gasteiger partial charge is 0.218 e. The predicted octanol–water partition coefficient (Wildman–Crippen LogP) is 5.24. The third-order valence-electron chi connectivity index (χ3n) is 1.05. The Labute approximate surface area is 114 Å². The van der Waals surface area contributed by atoms with Gasteiger partial charge in [0.1, 0.15) is 4.84 Å². The van der Waals surface area contributed by atoms with Crippen molar-refractivity contribution in [2.24, 2.45) is 0 Å². The number of alkyl halides is 9. The molecule has 0 saturated carbocycles. The second-order valence-electron chi connectivity index (χ2n) is 2.00. The standard InChI is InChI=1S/C4HCl8F/c5-1(6)2(7,8)3(9,13)4(10,11)12/h1H. The van der Waals surface area contributed by atoms with Gasteiger partial charge in [0.15, 0.2) is 4.33 Å². The van der Waals surface area contributed by atoms with Gasteiger partial charge >= 0.3 is 0 Å². The average molecular weight is 352 g/mol. The molecule has 0 saturated heterocycles. The van der Waals surface area contributed by atoms with E-state index in [4.69, 9.17) is 92.8 Å². The lowest BCUT2D eigenvalue weighted by Gasteiger charge is -2.36. The molecule has 0 nitrogen and oxygen atoms in total. The van der Waals surface area contributed by atoms with Crippen molar-refractivity contribution >= 4 is 92.8 Å². The summed E-state index contributed by atoms with van der Waals surface area (Å²) in [7, 11) is 0. The first-order chi connectivity index (χ1) is 5.44. The molecule has 0 aromatic carbocycles. The van der Waals surface area contributed by atoms with Gasteiger partial charge in [-0.05, 0) is 0 Å². The first kappa shape index (κ1) is 15.2. The maximum absolute atomic E-state index is 13.6. The van der Waals surface area contributed by atoms with Crippen LogP contribution in [0.25, 0.3) is 0 Å². The Balaban J connectivity index is 5.04. The molecule has 0 spiro atoms. The highest BCUT2D eigenvalue weighted by Gasteiger charge is 2.64. The van der Waals surface area contributed by atoms with Crippen LogP contribution in [-0.4, -0.2) is 18.1 Å². The lowest BCUT2D eigenvalue weighted by atomic mass is 10.3. The van der Waals surface area contributed by atoms with Crippen molar-refractivity contribution in [3.05, 3.63) is 0 Å². The molecule has 0 bridgehead atoms. The second-order valence-corrected chi connectivity index (χ2v) is 7.28. The zero-order valence-corrected chi connectivity index (χ0v) is 11.5. The van der Waals surface area contributed by atoms with Gasteiger partial charge < -0.3 is 0 Å². The molecule has 0 aliphatic heterocycles. The van der Waals surface area contributed by atoms with Crippen molar-refractivity contribution in [1.29, 1.82) is 0 Å². The van der Waals surface area contributed by atoms with Gasteiger partial charge in [0.25, 0.3) is 5.13 Å². The van der Waals surface area contributed by atoms with E-state index in [1.807, 2.05) is 0 Å². The van der Waals surface area contributed by atoms with Gasteiger partial charge in [-0.3, -0.25) is 0 Å². The van der Waals surface area contributed by atoms with Crippen molar-refractivity contribution in [3.63, 3.8) is 0 Å². The Morgan fingerprint density at radius 2 is 1.15 bits per heavy atom. The fourth-order valence-electron chi connectivity index (χ4n) is 0.326. The van der Waals surface area contributed by atoms with Crippen LogP contribution < -0.4 is 0 Å². The molecule has 1 atom stereocenters. The first-order valence-corrected chi connectivity index (χ1v) is 5.69. The van der Waals surface area contributed by atoms with E-state index >= 15 is 0 Å². The maximum Gasteiger partial charge on any atom is 0.265 e. The number of hydrogen-bond acceptors (Lipinski definition) is 0. The fraction of sp³-hybridized carbons (Fsp3) is 1.00. The second kappa shape index (κ2) is 4.63. The third kappa shape index (κ3) is 3.10. The van der Waals surface area contributed by atoms with E-state index in [0.717, 1.165) is 0 Å². The predicted molar refractivity (Wildman–Crippen MR) is 59.9 cm³/mol. The minimum atomic E-state index is -3.11. The summed E-state index contributed by atoms with van der Waals surface area (Å²) in [5.41, 5.74) is 0. The molecule has 0 aliphatic rings. The van der Waals surface area contributed by atoms with Crippen LogP contribution in [0.15, 0.2) is 0 Å². The molecular formula is C4HCl8F. The van der Waals surface area contributed by atoms with Gasteiger partial charge in [-0.2, -0.15) is 0 Å². The molecule has 9 heteroatoms. The van der Waals surface area contributed by atoms with E-state index in [1.165, 1.54) is 0 Å². The van der Waals surface area contributed by atoms with E-state index < -0.39 is 18.1 Å². The molecule has 0 aromatic heterocycles. The van der Waals surface area contributed by atoms with Gasteiger partial charge in [-0.25, -0.2) is 4.39 Å². The fourth-order valence-corrected chi connectivity index (χ4v) is 1.87. The van der Waals surface area contributed by atoms with E-state index in [0.29, 0.717) is 0 Å². The Bertz CT molecular complexity index is 181. The highest BCUT2D eigenvalue weighted by Crippen LogP contribution is 2.57. The van der Waals surface area contributed by atoms with Crippen molar-refractivity contribution in [2.45, 2.75) is 18.1 Å². The molecule has 0 rings (SSSR count). The van der Waals surface area contributed by atoms with Crippen molar-refractivity contribution in [3.8, 4) is 0 Å². The summed E-state index contributed by atoms with van der Waals surface area (Å²) in [6.45, 7) is 0. The van der Waals surface area contributed by atoms with Crippen molar-refractivity contribution in [1.82, 2.24) is 0 Å². The van der Waals surface area contributed by atoms with E-state index in [-0.39, 0.29) is 0 Å². The highest BCUT2D eigenvalue weighted by molar-refractivity contribution is 6.73. The molecule has 1 unspecified atom stereocenters. The van der Waals surface area contributed by atoms with E-state index in [1.54, 1.807) is 0 Å². The summed E-state index contributed by atoms with van der Waals surface area (Å²) in [5.74, 6) is 0. The number of rotatable bonds is 2. The molecule has 80 valence electrons.